The first kappa shape index (κ1) is 13.8. The molecule has 3 N–H and O–H groups in total. The molecule has 0 aliphatic carbocycles. The molecule has 0 spiro atoms. The molecule has 0 atom stereocenters. The second-order valence-electron chi connectivity index (χ2n) is 3.73. The summed E-state index contributed by atoms with van der Waals surface area (Å²) in [5, 5.41) is 2.30. The van der Waals surface area contributed by atoms with E-state index in [1.807, 2.05) is 0 Å². The van der Waals surface area contributed by atoms with Gasteiger partial charge in [0, 0.05) is 5.69 Å². The molecule has 17 heavy (non-hydrogen) atoms. The lowest BCUT2D eigenvalue weighted by molar-refractivity contribution is -0.125. The SMILES string of the molecule is Nc1cccc(CCNCC(F)(F)C(F)F)c1. The van der Waals surface area contributed by atoms with Crippen molar-refractivity contribution in [3.63, 3.8) is 0 Å². The van der Waals surface area contributed by atoms with Gasteiger partial charge in [0.2, 0.25) is 0 Å². The van der Waals surface area contributed by atoms with Crippen LogP contribution in [-0.4, -0.2) is 25.4 Å². The van der Waals surface area contributed by atoms with E-state index in [1.54, 1.807) is 24.3 Å². The zero-order valence-corrected chi connectivity index (χ0v) is 9.10. The summed E-state index contributed by atoms with van der Waals surface area (Å²) in [7, 11) is 0. The molecule has 6 heteroatoms. The highest BCUT2D eigenvalue weighted by Gasteiger charge is 2.39. The number of halogens is 4. The third-order valence-corrected chi connectivity index (χ3v) is 2.22. The van der Waals surface area contributed by atoms with Crippen LogP contribution in [-0.2, 0) is 6.42 Å². The number of nitrogens with one attached hydrogen (secondary N) is 1. The maximum absolute atomic E-state index is 12.5. The lowest BCUT2D eigenvalue weighted by Gasteiger charge is -2.15. The molecular formula is C11H14F4N2. The summed E-state index contributed by atoms with van der Waals surface area (Å²) in [6.07, 6.45) is -3.17. The standard InChI is InChI=1S/C11H14F4N2/c12-10(13)11(14,15)7-17-5-4-8-2-1-3-9(16)6-8/h1-3,6,10,17H,4-5,7,16H2. The molecule has 2 nitrogen and oxygen atoms in total. The number of rotatable bonds is 6. The minimum absolute atomic E-state index is 0.200. The Morgan fingerprint density at radius 1 is 1.29 bits per heavy atom. The van der Waals surface area contributed by atoms with E-state index in [-0.39, 0.29) is 6.54 Å². The van der Waals surface area contributed by atoms with Crippen molar-refractivity contribution in [1.82, 2.24) is 5.32 Å². The molecule has 1 aromatic rings. The maximum atomic E-state index is 12.5. The molecule has 0 amide bonds. The van der Waals surface area contributed by atoms with Crippen LogP contribution in [0, 0.1) is 0 Å². The molecule has 0 aliphatic rings. The van der Waals surface area contributed by atoms with Crippen molar-refractivity contribution >= 4 is 5.69 Å². The Bertz CT molecular complexity index is 355. The van der Waals surface area contributed by atoms with Crippen LogP contribution in [0.3, 0.4) is 0 Å². The Balaban J connectivity index is 2.29. The fraction of sp³-hybridized carbons (Fsp3) is 0.455. The summed E-state index contributed by atoms with van der Waals surface area (Å²) in [5.41, 5.74) is 6.99. The zero-order valence-electron chi connectivity index (χ0n) is 9.10. The van der Waals surface area contributed by atoms with Gasteiger partial charge in [0.05, 0.1) is 6.54 Å². The van der Waals surface area contributed by atoms with Crippen molar-refractivity contribution < 1.29 is 17.6 Å². The molecule has 0 aromatic heterocycles. The summed E-state index contributed by atoms with van der Waals surface area (Å²) in [6, 6.07) is 6.97. The van der Waals surface area contributed by atoms with E-state index in [2.05, 4.69) is 5.32 Å². The molecule has 0 unspecified atom stereocenters. The molecule has 1 rings (SSSR count). The third kappa shape index (κ3) is 4.60. The van der Waals surface area contributed by atoms with Crippen LogP contribution in [0.2, 0.25) is 0 Å². The number of nitrogen functional groups attached to an aromatic ring is 1. The number of hydrogen-bond donors (Lipinski definition) is 2. The second-order valence-corrected chi connectivity index (χ2v) is 3.73. The maximum Gasteiger partial charge on any atom is 0.319 e. The van der Waals surface area contributed by atoms with Gasteiger partial charge in [-0.3, -0.25) is 0 Å². The minimum atomic E-state index is -3.98. The highest BCUT2D eigenvalue weighted by molar-refractivity contribution is 5.40. The Hall–Kier alpha value is -1.30. The van der Waals surface area contributed by atoms with Crippen molar-refractivity contribution in [2.45, 2.75) is 18.8 Å². The first-order chi connectivity index (χ1) is 7.92. The highest BCUT2D eigenvalue weighted by Crippen LogP contribution is 2.21. The number of alkyl halides is 4. The first-order valence-corrected chi connectivity index (χ1v) is 5.13. The average molecular weight is 250 g/mol. The Labute approximate surface area is 96.8 Å². The molecule has 0 bridgehead atoms. The monoisotopic (exact) mass is 250 g/mol. The highest BCUT2D eigenvalue weighted by atomic mass is 19.3. The van der Waals surface area contributed by atoms with Crippen LogP contribution in [0.1, 0.15) is 5.56 Å². The number of anilines is 1. The largest absolute Gasteiger partial charge is 0.399 e. The first-order valence-electron chi connectivity index (χ1n) is 5.13. The van der Waals surface area contributed by atoms with Crippen molar-refractivity contribution in [3.05, 3.63) is 29.8 Å². The van der Waals surface area contributed by atoms with Gasteiger partial charge in [-0.1, -0.05) is 12.1 Å². The molecule has 96 valence electrons. The van der Waals surface area contributed by atoms with Gasteiger partial charge in [0.15, 0.2) is 0 Å². The lowest BCUT2D eigenvalue weighted by Crippen LogP contribution is -2.39. The van der Waals surface area contributed by atoms with Crippen LogP contribution >= 0.6 is 0 Å². The van der Waals surface area contributed by atoms with E-state index in [4.69, 9.17) is 5.73 Å². The molecule has 0 fully saturated rings. The molecule has 0 saturated carbocycles. The van der Waals surface area contributed by atoms with E-state index in [0.717, 1.165) is 5.56 Å². The van der Waals surface area contributed by atoms with Crippen LogP contribution in [0.5, 0.6) is 0 Å². The van der Waals surface area contributed by atoms with Crippen LogP contribution < -0.4 is 11.1 Å². The molecular weight excluding hydrogens is 236 g/mol. The summed E-state index contributed by atoms with van der Waals surface area (Å²) in [5.74, 6) is -3.98. The molecule has 0 heterocycles. The van der Waals surface area contributed by atoms with Gasteiger partial charge in [-0.25, -0.2) is 8.78 Å². The second kappa shape index (κ2) is 5.86. The summed E-state index contributed by atoms with van der Waals surface area (Å²) in [4.78, 5) is 0. The average Bonchev–Trinajstić information content (AvgIpc) is 2.24. The van der Waals surface area contributed by atoms with Gasteiger partial charge in [-0.05, 0) is 30.7 Å². The van der Waals surface area contributed by atoms with Gasteiger partial charge in [0.25, 0.3) is 0 Å². The van der Waals surface area contributed by atoms with E-state index in [9.17, 15) is 17.6 Å². The topological polar surface area (TPSA) is 38.0 Å². The van der Waals surface area contributed by atoms with Crippen LogP contribution in [0.15, 0.2) is 24.3 Å². The van der Waals surface area contributed by atoms with Gasteiger partial charge in [0.1, 0.15) is 0 Å². The van der Waals surface area contributed by atoms with E-state index in [1.165, 1.54) is 0 Å². The Morgan fingerprint density at radius 3 is 2.59 bits per heavy atom. The van der Waals surface area contributed by atoms with Crippen molar-refractivity contribution in [2.24, 2.45) is 0 Å². The fourth-order valence-electron chi connectivity index (χ4n) is 1.31. The zero-order chi connectivity index (χ0) is 12.9. The molecule has 1 aromatic carbocycles. The predicted octanol–water partition coefficient (Wildman–Crippen LogP) is 2.30. The summed E-state index contributed by atoms with van der Waals surface area (Å²) in [6.45, 7) is -0.821. The minimum Gasteiger partial charge on any atom is -0.399 e. The Kier molecular flexibility index (Phi) is 4.74. The van der Waals surface area contributed by atoms with Crippen LogP contribution in [0.25, 0.3) is 0 Å². The van der Waals surface area contributed by atoms with Crippen LogP contribution in [0.4, 0.5) is 23.2 Å². The van der Waals surface area contributed by atoms with E-state index >= 15 is 0 Å². The number of nitrogens with two attached hydrogens (primary N) is 1. The van der Waals surface area contributed by atoms with Crippen molar-refractivity contribution in [2.75, 3.05) is 18.8 Å². The smallest absolute Gasteiger partial charge is 0.319 e. The molecule has 0 saturated heterocycles. The third-order valence-electron chi connectivity index (χ3n) is 2.22. The van der Waals surface area contributed by atoms with Gasteiger partial charge >= 0.3 is 12.3 Å². The normalized spacial score (nSPS) is 12.1. The number of hydrogen-bond acceptors (Lipinski definition) is 2. The van der Waals surface area contributed by atoms with Crippen molar-refractivity contribution in [3.8, 4) is 0 Å². The molecule has 0 aliphatic heterocycles. The van der Waals surface area contributed by atoms with E-state index in [0.29, 0.717) is 12.1 Å². The summed E-state index contributed by atoms with van der Waals surface area (Å²) < 4.78 is 48.6. The van der Waals surface area contributed by atoms with E-state index < -0.39 is 18.9 Å². The predicted molar refractivity (Wildman–Crippen MR) is 58.4 cm³/mol. The van der Waals surface area contributed by atoms with Gasteiger partial charge in [-0.15, -0.1) is 0 Å². The molecule has 0 radical (unpaired) electrons. The summed E-state index contributed by atoms with van der Waals surface area (Å²) >= 11 is 0. The quantitative estimate of drug-likeness (QED) is 0.462. The fourth-order valence-corrected chi connectivity index (χ4v) is 1.31. The lowest BCUT2D eigenvalue weighted by atomic mass is 10.1. The van der Waals surface area contributed by atoms with Gasteiger partial charge < -0.3 is 11.1 Å². The number of benzene rings is 1. The van der Waals surface area contributed by atoms with Crippen molar-refractivity contribution in [1.29, 1.82) is 0 Å². The van der Waals surface area contributed by atoms with Gasteiger partial charge in [-0.2, -0.15) is 8.78 Å². The Morgan fingerprint density at radius 2 is 2.00 bits per heavy atom.